The molecule has 0 atom stereocenters. The molecule has 0 spiro atoms. The van der Waals surface area contributed by atoms with Gasteiger partial charge in [0.2, 0.25) is 0 Å². The second-order valence-corrected chi connectivity index (χ2v) is 4.01. The summed E-state index contributed by atoms with van der Waals surface area (Å²) in [6.07, 6.45) is 0. The molecule has 8 nitrogen and oxygen atoms in total. The average Bonchev–Trinajstić information content (AvgIpc) is 2.50. The Bertz CT molecular complexity index is 170. The van der Waals surface area contributed by atoms with Gasteiger partial charge in [-0.2, -0.15) is 0 Å². The van der Waals surface area contributed by atoms with Crippen LogP contribution in [0.15, 0.2) is 0 Å². The molecule has 8 heteroatoms. The first kappa shape index (κ1) is 20.7. The Balaban J connectivity index is 2.90. The van der Waals surface area contributed by atoms with Crippen LogP contribution >= 0.6 is 0 Å². The topological polar surface area (TPSA) is 93.4 Å². The van der Waals surface area contributed by atoms with E-state index in [0.717, 1.165) is 0 Å². The van der Waals surface area contributed by atoms with E-state index in [4.69, 9.17) is 34.3 Å². The minimum Gasteiger partial charge on any atom is -0.382 e. The Labute approximate surface area is 127 Å². The fourth-order valence-corrected chi connectivity index (χ4v) is 1.26. The van der Waals surface area contributed by atoms with Crippen LogP contribution in [0.25, 0.3) is 0 Å². The molecular formula is C13H30N2O6. The second kappa shape index (κ2) is 19.7. The van der Waals surface area contributed by atoms with Gasteiger partial charge in [0.1, 0.15) is 0 Å². The van der Waals surface area contributed by atoms with Gasteiger partial charge in [-0.05, 0) is 0 Å². The quantitative estimate of drug-likeness (QED) is 0.193. The third kappa shape index (κ3) is 19.7. The van der Waals surface area contributed by atoms with Crippen LogP contribution in [0.5, 0.6) is 0 Å². The standard InChI is InChI=1S/C13H30N2O6/c1-16-4-5-18-8-9-20-12-13-21-11-10-19-7-6-17-3-2-15-14/h15H,2-14H2,1H3. The Morgan fingerprint density at radius 3 is 1.24 bits per heavy atom. The van der Waals surface area contributed by atoms with Crippen molar-refractivity contribution >= 4 is 0 Å². The molecule has 0 amide bonds. The Kier molecular flexibility index (Phi) is 19.4. The fraction of sp³-hybridized carbons (Fsp3) is 1.00. The lowest BCUT2D eigenvalue weighted by Gasteiger charge is -2.07. The molecule has 0 radical (unpaired) electrons. The summed E-state index contributed by atoms with van der Waals surface area (Å²) in [5.41, 5.74) is 2.51. The molecule has 21 heavy (non-hydrogen) atoms. The molecule has 128 valence electrons. The number of ether oxygens (including phenoxy) is 6. The van der Waals surface area contributed by atoms with Crippen LogP contribution in [-0.2, 0) is 28.4 Å². The van der Waals surface area contributed by atoms with Gasteiger partial charge in [0.25, 0.3) is 0 Å². The van der Waals surface area contributed by atoms with Crippen molar-refractivity contribution in [3.8, 4) is 0 Å². The van der Waals surface area contributed by atoms with Gasteiger partial charge in [0.05, 0.1) is 72.7 Å². The molecule has 3 N–H and O–H groups in total. The average molecular weight is 310 g/mol. The smallest absolute Gasteiger partial charge is 0.0701 e. The van der Waals surface area contributed by atoms with Crippen molar-refractivity contribution in [1.82, 2.24) is 5.43 Å². The second-order valence-electron chi connectivity index (χ2n) is 4.01. The highest BCUT2D eigenvalue weighted by molar-refractivity contribution is 4.37. The zero-order chi connectivity index (χ0) is 15.4. The first-order chi connectivity index (χ1) is 10.4. The fourth-order valence-electron chi connectivity index (χ4n) is 1.26. The van der Waals surface area contributed by atoms with Crippen LogP contribution in [-0.4, -0.2) is 86.3 Å². The molecule has 0 aromatic heterocycles. The summed E-state index contributed by atoms with van der Waals surface area (Å²) in [5.74, 6) is 5.10. The molecular weight excluding hydrogens is 280 g/mol. The van der Waals surface area contributed by atoms with Gasteiger partial charge in [-0.1, -0.05) is 0 Å². The number of hydrogen-bond donors (Lipinski definition) is 2. The molecule has 0 bridgehead atoms. The zero-order valence-electron chi connectivity index (χ0n) is 13.0. The minimum absolute atomic E-state index is 0.554. The maximum Gasteiger partial charge on any atom is 0.0701 e. The van der Waals surface area contributed by atoms with E-state index in [0.29, 0.717) is 79.2 Å². The van der Waals surface area contributed by atoms with Gasteiger partial charge in [0.15, 0.2) is 0 Å². The number of nitrogens with two attached hydrogens (primary N) is 1. The lowest BCUT2D eigenvalue weighted by molar-refractivity contribution is -0.0144. The van der Waals surface area contributed by atoms with E-state index in [1.165, 1.54) is 0 Å². The van der Waals surface area contributed by atoms with Gasteiger partial charge >= 0.3 is 0 Å². The van der Waals surface area contributed by atoms with Gasteiger partial charge in [0, 0.05) is 13.7 Å². The third-order valence-electron chi connectivity index (χ3n) is 2.31. The number of hydrogen-bond acceptors (Lipinski definition) is 8. The van der Waals surface area contributed by atoms with E-state index >= 15 is 0 Å². The highest BCUT2D eigenvalue weighted by atomic mass is 16.6. The normalized spacial score (nSPS) is 11.1. The van der Waals surface area contributed by atoms with Crippen molar-refractivity contribution in [1.29, 1.82) is 0 Å². The van der Waals surface area contributed by atoms with Crippen molar-refractivity contribution in [3.63, 3.8) is 0 Å². The van der Waals surface area contributed by atoms with Gasteiger partial charge in [-0.3, -0.25) is 11.3 Å². The largest absolute Gasteiger partial charge is 0.382 e. The summed E-state index contributed by atoms with van der Waals surface area (Å²) in [5, 5.41) is 0. The van der Waals surface area contributed by atoms with E-state index < -0.39 is 0 Å². The third-order valence-corrected chi connectivity index (χ3v) is 2.31. The van der Waals surface area contributed by atoms with Crippen LogP contribution in [0.1, 0.15) is 0 Å². The number of nitrogens with one attached hydrogen (secondary N) is 1. The van der Waals surface area contributed by atoms with Crippen molar-refractivity contribution in [2.75, 3.05) is 86.3 Å². The Morgan fingerprint density at radius 1 is 0.571 bits per heavy atom. The predicted molar refractivity (Wildman–Crippen MR) is 78.2 cm³/mol. The SMILES string of the molecule is COCCOCCOCCOCCOCCOCCNN. The summed E-state index contributed by atoms with van der Waals surface area (Å²) in [7, 11) is 1.65. The van der Waals surface area contributed by atoms with Crippen LogP contribution in [0, 0.1) is 0 Å². The van der Waals surface area contributed by atoms with Crippen LogP contribution < -0.4 is 11.3 Å². The van der Waals surface area contributed by atoms with Crippen LogP contribution in [0.3, 0.4) is 0 Å². The van der Waals surface area contributed by atoms with E-state index in [9.17, 15) is 0 Å². The minimum atomic E-state index is 0.554. The molecule has 0 saturated heterocycles. The Morgan fingerprint density at radius 2 is 0.905 bits per heavy atom. The van der Waals surface area contributed by atoms with Crippen molar-refractivity contribution in [3.05, 3.63) is 0 Å². The molecule has 0 unspecified atom stereocenters. The van der Waals surface area contributed by atoms with Gasteiger partial charge < -0.3 is 28.4 Å². The van der Waals surface area contributed by atoms with E-state index in [-0.39, 0.29) is 0 Å². The molecule has 0 aliphatic carbocycles. The first-order valence-electron chi connectivity index (χ1n) is 7.23. The van der Waals surface area contributed by atoms with Crippen molar-refractivity contribution < 1.29 is 28.4 Å². The van der Waals surface area contributed by atoms with Crippen molar-refractivity contribution in [2.24, 2.45) is 5.84 Å². The van der Waals surface area contributed by atoms with Crippen LogP contribution in [0.2, 0.25) is 0 Å². The molecule has 0 saturated carbocycles. The molecule has 0 heterocycles. The molecule has 0 aromatic rings. The highest BCUT2D eigenvalue weighted by Crippen LogP contribution is 1.83. The summed E-state index contributed by atoms with van der Waals surface area (Å²) < 4.78 is 31.3. The number of methoxy groups -OCH3 is 1. The molecule has 0 aliphatic rings. The predicted octanol–water partition coefficient (Wildman–Crippen LogP) is -0.821. The monoisotopic (exact) mass is 310 g/mol. The maximum atomic E-state index is 5.35. The van der Waals surface area contributed by atoms with Gasteiger partial charge in [-0.25, -0.2) is 0 Å². The Hall–Kier alpha value is -0.320. The highest BCUT2D eigenvalue weighted by Gasteiger charge is 1.93. The molecule has 0 aliphatic heterocycles. The van der Waals surface area contributed by atoms with Gasteiger partial charge in [-0.15, -0.1) is 0 Å². The lowest BCUT2D eigenvalue weighted by atomic mass is 10.6. The summed E-state index contributed by atoms with van der Waals surface area (Å²) in [4.78, 5) is 0. The van der Waals surface area contributed by atoms with E-state index in [1.54, 1.807) is 7.11 Å². The number of hydrazine groups is 1. The van der Waals surface area contributed by atoms with Crippen LogP contribution in [0.4, 0.5) is 0 Å². The summed E-state index contributed by atoms with van der Waals surface area (Å²) in [6, 6.07) is 0. The van der Waals surface area contributed by atoms with E-state index in [1.807, 2.05) is 0 Å². The lowest BCUT2D eigenvalue weighted by Crippen LogP contribution is -2.26. The molecule has 0 fully saturated rings. The first-order valence-corrected chi connectivity index (χ1v) is 7.23. The molecule has 0 aromatic carbocycles. The summed E-state index contributed by atoms with van der Waals surface area (Å²) in [6.45, 7) is 6.92. The summed E-state index contributed by atoms with van der Waals surface area (Å²) >= 11 is 0. The number of rotatable bonds is 18. The van der Waals surface area contributed by atoms with Crippen molar-refractivity contribution in [2.45, 2.75) is 0 Å². The zero-order valence-corrected chi connectivity index (χ0v) is 13.0. The maximum absolute atomic E-state index is 5.35. The van der Waals surface area contributed by atoms with E-state index in [2.05, 4.69) is 5.43 Å². The molecule has 0 rings (SSSR count).